The van der Waals surface area contributed by atoms with Crippen LogP contribution in [0.4, 0.5) is 5.82 Å². The fourth-order valence-corrected chi connectivity index (χ4v) is 1.28. The van der Waals surface area contributed by atoms with Crippen molar-refractivity contribution in [3.63, 3.8) is 0 Å². The van der Waals surface area contributed by atoms with Crippen molar-refractivity contribution in [1.82, 2.24) is 9.97 Å². The van der Waals surface area contributed by atoms with Gasteiger partial charge in [0.25, 0.3) is 0 Å². The minimum absolute atomic E-state index is 0.631. The number of rotatable bonds is 6. The molecule has 15 heavy (non-hydrogen) atoms. The van der Waals surface area contributed by atoms with Crippen LogP contribution in [0.3, 0.4) is 0 Å². The summed E-state index contributed by atoms with van der Waals surface area (Å²) in [5.41, 5.74) is 0.982. The lowest BCUT2D eigenvalue weighted by Crippen LogP contribution is -2.07. The largest absolute Gasteiger partial charge is 0.478 e. The molecule has 0 aromatic carbocycles. The van der Waals surface area contributed by atoms with E-state index in [9.17, 15) is 0 Å². The first kappa shape index (κ1) is 11.8. The molecule has 0 saturated heterocycles. The molecule has 0 aliphatic rings. The molecule has 0 spiro atoms. The first-order chi connectivity index (χ1) is 7.29. The van der Waals surface area contributed by atoms with Gasteiger partial charge in [-0.05, 0) is 20.3 Å². The Balaban J connectivity index is 2.66. The smallest absolute Gasteiger partial charge is 0.221 e. The van der Waals surface area contributed by atoms with Crippen molar-refractivity contribution in [2.45, 2.75) is 33.6 Å². The van der Waals surface area contributed by atoms with Gasteiger partial charge in [0.15, 0.2) is 0 Å². The summed E-state index contributed by atoms with van der Waals surface area (Å²) in [6, 6.07) is 0. The molecule has 0 aliphatic carbocycles. The van der Waals surface area contributed by atoms with Gasteiger partial charge in [0.1, 0.15) is 12.1 Å². The van der Waals surface area contributed by atoms with Gasteiger partial charge in [-0.1, -0.05) is 13.3 Å². The third-order valence-corrected chi connectivity index (χ3v) is 2.14. The van der Waals surface area contributed by atoms with Crippen LogP contribution in [0.2, 0.25) is 0 Å². The molecule has 0 aliphatic heterocycles. The average Bonchev–Trinajstić information content (AvgIpc) is 2.24. The third-order valence-electron chi connectivity index (χ3n) is 2.14. The maximum atomic E-state index is 5.39. The molecule has 1 N–H and O–H groups in total. The van der Waals surface area contributed by atoms with Crippen LogP contribution in [-0.4, -0.2) is 23.1 Å². The van der Waals surface area contributed by atoms with Crippen LogP contribution in [0.15, 0.2) is 6.33 Å². The molecule has 0 fully saturated rings. The maximum Gasteiger partial charge on any atom is 0.221 e. The van der Waals surface area contributed by atoms with Crippen molar-refractivity contribution in [1.29, 1.82) is 0 Å². The Kier molecular flexibility index (Phi) is 4.87. The third kappa shape index (κ3) is 3.38. The first-order valence-corrected chi connectivity index (χ1v) is 5.47. The number of anilines is 1. The number of nitrogens with one attached hydrogen (secondary N) is 1. The Morgan fingerprint density at radius 3 is 2.80 bits per heavy atom. The van der Waals surface area contributed by atoms with Crippen LogP contribution in [0.25, 0.3) is 0 Å². The van der Waals surface area contributed by atoms with Crippen molar-refractivity contribution in [3.8, 4) is 5.88 Å². The number of hydrogen-bond donors (Lipinski definition) is 1. The van der Waals surface area contributed by atoms with Gasteiger partial charge in [-0.3, -0.25) is 0 Å². The minimum Gasteiger partial charge on any atom is -0.478 e. The van der Waals surface area contributed by atoms with E-state index >= 15 is 0 Å². The van der Waals surface area contributed by atoms with Crippen molar-refractivity contribution in [3.05, 3.63) is 11.9 Å². The number of ether oxygens (including phenoxy) is 1. The summed E-state index contributed by atoms with van der Waals surface area (Å²) in [5, 5.41) is 3.28. The average molecular weight is 209 g/mol. The van der Waals surface area contributed by atoms with Crippen molar-refractivity contribution in [2.75, 3.05) is 18.5 Å². The van der Waals surface area contributed by atoms with Gasteiger partial charge in [-0.15, -0.1) is 0 Å². The molecule has 1 rings (SSSR count). The van der Waals surface area contributed by atoms with E-state index in [1.165, 1.54) is 12.7 Å². The van der Waals surface area contributed by atoms with Crippen LogP contribution in [-0.2, 0) is 0 Å². The van der Waals surface area contributed by atoms with E-state index in [0.717, 1.165) is 24.3 Å². The van der Waals surface area contributed by atoms with Crippen LogP contribution < -0.4 is 10.1 Å². The Morgan fingerprint density at radius 1 is 1.33 bits per heavy atom. The Morgan fingerprint density at radius 2 is 2.13 bits per heavy atom. The fraction of sp³-hybridized carbons (Fsp3) is 0.636. The van der Waals surface area contributed by atoms with Gasteiger partial charge in [-0.25, -0.2) is 9.97 Å². The van der Waals surface area contributed by atoms with E-state index in [0.29, 0.717) is 12.5 Å². The van der Waals surface area contributed by atoms with Crippen LogP contribution in [0.5, 0.6) is 5.88 Å². The van der Waals surface area contributed by atoms with Gasteiger partial charge in [0.05, 0.1) is 12.2 Å². The van der Waals surface area contributed by atoms with Gasteiger partial charge in [0, 0.05) is 6.54 Å². The fourth-order valence-electron chi connectivity index (χ4n) is 1.28. The van der Waals surface area contributed by atoms with Gasteiger partial charge < -0.3 is 10.1 Å². The summed E-state index contributed by atoms with van der Waals surface area (Å²) in [5.74, 6) is 1.55. The van der Waals surface area contributed by atoms with E-state index in [1.54, 1.807) is 0 Å². The van der Waals surface area contributed by atoms with Gasteiger partial charge >= 0.3 is 0 Å². The molecule has 1 aromatic rings. The van der Waals surface area contributed by atoms with E-state index in [1.807, 2.05) is 13.8 Å². The Hall–Kier alpha value is -1.32. The second kappa shape index (κ2) is 6.22. The molecule has 0 bridgehead atoms. The number of hydrogen-bond acceptors (Lipinski definition) is 4. The zero-order valence-electron chi connectivity index (χ0n) is 9.71. The highest BCUT2D eigenvalue weighted by Crippen LogP contribution is 2.19. The highest BCUT2D eigenvalue weighted by Gasteiger charge is 2.06. The minimum atomic E-state index is 0.631. The molecule has 0 amide bonds. The lowest BCUT2D eigenvalue weighted by atomic mass is 10.3. The summed E-state index contributed by atoms with van der Waals surface area (Å²) in [7, 11) is 0. The van der Waals surface area contributed by atoms with E-state index < -0.39 is 0 Å². The quantitative estimate of drug-likeness (QED) is 0.731. The standard InChI is InChI=1S/C11H19N3O/c1-4-6-7-12-10-9(3)11(15-5-2)14-8-13-10/h8H,4-7H2,1-3H3,(H,12,13,14). The molecule has 0 unspecified atom stereocenters. The molecule has 1 aromatic heterocycles. The second-order valence-electron chi connectivity index (χ2n) is 3.37. The van der Waals surface area contributed by atoms with Crippen LogP contribution >= 0.6 is 0 Å². The highest BCUT2D eigenvalue weighted by molar-refractivity contribution is 5.47. The van der Waals surface area contributed by atoms with Crippen molar-refractivity contribution in [2.24, 2.45) is 0 Å². The van der Waals surface area contributed by atoms with Crippen molar-refractivity contribution >= 4 is 5.82 Å². The molecule has 4 heteroatoms. The number of aromatic nitrogens is 2. The van der Waals surface area contributed by atoms with Crippen LogP contribution in [0, 0.1) is 6.92 Å². The molecule has 0 atom stereocenters. The number of unbranched alkanes of at least 4 members (excludes halogenated alkanes) is 1. The van der Waals surface area contributed by atoms with E-state index in [-0.39, 0.29) is 0 Å². The molecular weight excluding hydrogens is 190 g/mol. The molecule has 84 valence electrons. The predicted octanol–water partition coefficient (Wildman–Crippen LogP) is 2.40. The molecule has 4 nitrogen and oxygen atoms in total. The summed E-state index contributed by atoms with van der Waals surface area (Å²) >= 11 is 0. The Labute approximate surface area is 91.1 Å². The first-order valence-electron chi connectivity index (χ1n) is 5.47. The Bertz CT molecular complexity index is 302. The van der Waals surface area contributed by atoms with Crippen LogP contribution in [0.1, 0.15) is 32.3 Å². The lowest BCUT2D eigenvalue weighted by molar-refractivity contribution is 0.324. The summed E-state index contributed by atoms with van der Waals surface area (Å²) in [4.78, 5) is 8.27. The highest BCUT2D eigenvalue weighted by atomic mass is 16.5. The molecule has 0 radical (unpaired) electrons. The van der Waals surface area contributed by atoms with Gasteiger partial charge in [-0.2, -0.15) is 0 Å². The summed E-state index contributed by atoms with van der Waals surface area (Å²) < 4.78 is 5.39. The second-order valence-corrected chi connectivity index (χ2v) is 3.37. The molecule has 0 saturated carbocycles. The zero-order chi connectivity index (χ0) is 11.1. The maximum absolute atomic E-state index is 5.39. The summed E-state index contributed by atoms with van der Waals surface area (Å²) in [6.45, 7) is 7.66. The lowest BCUT2D eigenvalue weighted by Gasteiger charge is -2.10. The molecular formula is C11H19N3O. The van der Waals surface area contributed by atoms with Crippen molar-refractivity contribution < 1.29 is 4.74 Å². The normalized spacial score (nSPS) is 10.1. The SMILES string of the molecule is CCCCNc1ncnc(OCC)c1C. The summed E-state index contributed by atoms with van der Waals surface area (Å²) in [6.07, 6.45) is 3.86. The number of nitrogens with zero attached hydrogens (tertiary/aromatic N) is 2. The van der Waals surface area contributed by atoms with E-state index in [4.69, 9.17) is 4.74 Å². The molecule has 1 heterocycles. The topological polar surface area (TPSA) is 47.0 Å². The zero-order valence-corrected chi connectivity index (χ0v) is 9.71. The van der Waals surface area contributed by atoms with Gasteiger partial charge in [0.2, 0.25) is 5.88 Å². The predicted molar refractivity (Wildman–Crippen MR) is 61.3 cm³/mol. The monoisotopic (exact) mass is 209 g/mol. The van der Waals surface area contributed by atoms with E-state index in [2.05, 4.69) is 22.2 Å².